The quantitative estimate of drug-likeness (QED) is 0.901. The normalized spacial score (nSPS) is 12.4. The van der Waals surface area contributed by atoms with E-state index in [2.05, 4.69) is 4.98 Å². The number of rotatable bonds is 4. The van der Waals surface area contributed by atoms with Gasteiger partial charge in [-0.15, -0.1) is 0 Å². The van der Waals surface area contributed by atoms with Crippen molar-refractivity contribution in [3.8, 4) is 0 Å². The van der Waals surface area contributed by atoms with E-state index >= 15 is 0 Å². The molecule has 0 bridgehead atoms. The molecule has 96 valence electrons. The molecular formula is C14H18N2O2. The van der Waals surface area contributed by atoms with Gasteiger partial charge in [0.15, 0.2) is 0 Å². The van der Waals surface area contributed by atoms with E-state index in [1.807, 2.05) is 43.1 Å². The zero-order valence-electron chi connectivity index (χ0n) is 10.9. The Labute approximate surface area is 107 Å². The maximum absolute atomic E-state index is 9.56. The fraction of sp³-hybridized carbons (Fsp3) is 0.357. The van der Waals surface area contributed by atoms with E-state index in [9.17, 15) is 5.11 Å². The van der Waals surface area contributed by atoms with Crippen LogP contribution >= 0.6 is 0 Å². The molecule has 0 saturated carbocycles. The van der Waals surface area contributed by atoms with Gasteiger partial charge in [0, 0.05) is 13.2 Å². The van der Waals surface area contributed by atoms with Crippen molar-refractivity contribution in [2.24, 2.45) is 0 Å². The second-order valence-corrected chi connectivity index (χ2v) is 4.49. The van der Waals surface area contributed by atoms with E-state index in [-0.39, 0.29) is 0 Å². The Bertz CT molecular complexity index is 520. The zero-order valence-corrected chi connectivity index (χ0v) is 10.9. The van der Waals surface area contributed by atoms with Crippen molar-refractivity contribution in [1.82, 2.24) is 4.98 Å². The minimum absolute atomic E-state index is 0.481. The lowest BCUT2D eigenvalue weighted by Gasteiger charge is -2.18. The van der Waals surface area contributed by atoms with Gasteiger partial charge in [-0.3, -0.25) is 0 Å². The van der Waals surface area contributed by atoms with Crippen LogP contribution < -0.4 is 4.90 Å². The van der Waals surface area contributed by atoms with Gasteiger partial charge < -0.3 is 14.4 Å². The third kappa shape index (κ3) is 2.90. The maximum Gasteiger partial charge on any atom is 0.128 e. The first kappa shape index (κ1) is 12.6. The number of furan rings is 1. The average Bonchev–Trinajstić information content (AvgIpc) is 2.75. The van der Waals surface area contributed by atoms with Gasteiger partial charge >= 0.3 is 0 Å². The zero-order chi connectivity index (χ0) is 13.1. The van der Waals surface area contributed by atoms with Crippen LogP contribution in [-0.4, -0.2) is 17.1 Å². The molecule has 0 aliphatic carbocycles. The van der Waals surface area contributed by atoms with Gasteiger partial charge in [0.05, 0.1) is 12.6 Å². The van der Waals surface area contributed by atoms with Crippen molar-refractivity contribution in [2.45, 2.75) is 26.5 Å². The van der Waals surface area contributed by atoms with Crippen LogP contribution in [0.15, 0.2) is 34.9 Å². The molecule has 0 spiro atoms. The summed E-state index contributed by atoms with van der Waals surface area (Å²) in [6.45, 7) is 4.33. The summed E-state index contributed by atoms with van der Waals surface area (Å²) in [5.74, 6) is 2.63. The molecule has 1 atom stereocenters. The lowest BCUT2D eigenvalue weighted by atomic mass is 10.2. The van der Waals surface area contributed by atoms with Gasteiger partial charge in [-0.1, -0.05) is 0 Å². The highest BCUT2D eigenvalue weighted by molar-refractivity contribution is 5.41. The third-order valence-electron chi connectivity index (χ3n) is 2.83. The highest BCUT2D eigenvalue weighted by Crippen LogP contribution is 2.19. The molecule has 2 aromatic rings. The molecule has 4 heteroatoms. The Morgan fingerprint density at radius 2 is 2.17 bits per heavy atom. The van der Waals surface area contributed by atoms with Crippen LogP contribution in [0.3, 0.4) is 0 Å². The van der Waals surface area contributed by atoms with Crippen LogP contribution in [0.5, 0.6) is 0 Å². The predicted octanol–water partition coefficient (Wildman–Crippen LogP) is 2.67. The Kier molecular flexibility index (Phi) is 3.67. The number of nitrogens with zero attached hydrogens (tertiary/aromatic N) is 2. The molecule has 0 unspecified atom stereocenters. The van der Waals surface area contributed by atoms with Crippen LogP contribution in [0.1, 0.15) is 30.1 Å². The van der Waals surface area contributed by atoms with Gasteiger partial charge in [-0.2, -0.15) is 0 Å². The van der Waals surface area contributed by atoms with Crippen LogP contribution in [0, 0.1) is 6.92 Å². The van der Waals surface area contributed by atoms with Gasteiger partial charge in [-0.05, 0) is 43.7 Å². The summed E-state index contributed by atoms with van der Waals surface area (Å²) in [5, 5.41) is 9.56. The second kappa shape index (κ2) is 5.23. The molecule has 4 nitrogen and oxygen atoms in total. The van der Waals surface area contributed by atoms with Crippen molar-refractivity contribution in [1.29, 1.82) is 0 Å². The summed E-state index contributed by atoms with van der Waals surface area (Å²) in [7, 11) is 1.95. The molecule has 18 heavy (non-hydrogen) atoms. The number of pyridine rings is 1. The summed E-state index contributed by atoms with van der Waals surface area (Å²) in [4.78, 5) is 6.29. The Hall–Kier alpha value is -1.81. The molecule has 2 aromatic heterocycles. The van der Waals surface area contributed by atoms with Crippen molar-refractivity contribution in [3.05, 3.63) is 47.5 Å². The number of aryl methyl sites for hydroxylation is 1. The fourth-order valence-corrected chi connectivity index (χ4v) is 1.79. The van der Waals surface area contributed by atoms with Crippen molar-refractivity contribution in [2.75, 3.05) is 11.9 Å². The second-order valence-electron chi connectivity index (χ2n) is 4.49. The first-order valence-corrected chi connectivity index (χ1v) is 5.96. The Morgan fingerprint density at radius 1 is 1.39 bits per heavy atom. The van der Waals surface area contributed by atoms with Crippen LogP contribution in [0.25, 0.3) is 0 Å². The molecule has 0 aliphatic rings. The molecule has 0 saturated heterocycles. The molecule has 0 radical (unpaired) electrons. The predicted molar refractivity (Wildman–Crippen MR) is 70.4 cm³/mol. The summed E-state index contributed by atoms with van der Waals surface area (Å²) in [5.41, 5.74) is 0.863. The first-order valence-electron chi connectivity index (χ1n) is 5.96. The van der Waals surface area contributed by atoms with Gasteiger partial charge in [0.1, 0.15) is 17.3 Å². The lowest BCUT2D eigenvalue weighted by Crippen LogP contribution is -2.17. The molecule has 0 aromatic carbocycles. The SMILES string of the molecule is Cc1ccc(CN(C)c2cc([C@@H](C)O)ccn2)o1. The topological polar surface area (TPSA) is 49.5 Å². The Morgan fingerprint density at radius 3 is 2.78 bits per heavy atom. The van der Waals surface area contributed by atoms with Gasteiger partial charge in [-0.25, -0.2) is 4.98 Å². The fourth-order valence-electron chi connectivity index (χ4n) is 1.79. The minimum atomic E-state index is -0.481. The number of aliphatic hydroxyl groups is 1. The van der Waals surface area contributed by atoms with Crippen LogP contribution in [-0.2, 0) is 6.54 Å². The third-order valence-corrected chi connectivity index (χ3v) is 2.83. The number of hydrogen-bond acceptors (Lipinski definition) is 4. The standard InChI is InChI=1S/C14H18N2O2/c1-10-4-5-13(18-10)9-16(3)14-8-12(11(2)17)6-7-15-14/h4-8,11,17H,9H2,1-3H3/t11-/m1/s1. The molecular weight excluding hydrogens is 228 g/mol. The average molecular weight is 246 g/mol. The van der Waals surface area contributed by atoms with Crippen LogP contribution in [0.2, 0.25) is 0 Å². The molecule has 0 aliphatic heterocycles. The molecule has 1 N–H and O–H groups in total. The Balaban J connectivity index is 2.13. The summed E-state index contributed by atoms with van der Waals surface area (Å²) >= 11 is 0. The molecule has 0 amide bonds. The van der Waals surface area contributed by atoms with E-state index < -0.39 is 6.10 Å². The smallest absolute Gasteiger partial charge is 0.128 e. The van der Waals surface area contributed by atoms with E-state index in [0.717, 1.165) is 22.9 Å². The van der Waals surface area contributed by atoms with Crippen molar-refractivity contribution in [3.63, 3.8) is 0 Å². The maximum atomic E-state index is 9.56. The number of aliphatic hydroxyl groups excluding tert-OH is 1. The van der Waals surface area contributed by atoms with E-state index in [1.54, 1.807) is 13.1 Å². The van der Waals surface area contributed by atoms with E-state index in [0.29, 0.717) is 6.54 Å². The minimum Gasteiger partial charge on any atom is -0.464 e. The number of hydrogen-bond donors (Lipinski definition) is 1. The summed E-state index contributed by atoms with van der Waals surface area (Å²) in [6, 6.07) is 7.62. The number of aromatic nitrogens is 1. The largest absolute Gasteiger partial charge is 0.464 e. The highest BCUT2D eigenvalue weighted by Gasteiger charge is 2.08. The summed E-state index contributed by atoms with van der Waals surface area (Å²) in [6.07, 6.45) is 1.23. The van der Waals surface area contributed by atoms with Crippen LogP contribution in [0.4, 0.5) is 5.82 Å². The summed E-state index contributed by atoms with van der Waals surface area (Å²) < 4.78 is 5.53. The highest BCUT2D eigenvalue weighted by atomic mass is 16.3. The van der Waals surface area contributed by atoms with Gasteiger partial charge in [0.25, 0.3) is 0 Å². The van der Waals surface area contributed by atoms with E-state index in [1.165, 1.54) is 0 Å². The molecule has 2 heterocycles. The number of anilines is 1. The lowest BCUT2D eigenvalue weighted by molar-refractivity contribution is 0.199. The van der Waals surface area contributed by atoms with Gasteiger partial charge in [0.2, 0.25) is 0 Å². The van der Waals surface area contributed by atoms with E-state index in [4.69, 9.17) is 4.42 Å². The van der Waals surface area contributed by atoms with Crippen molar-refractivity contribution >= 4 is 5.82 Å². The monoisotopic (exact) mass is 246 g/mol. The van der Waals surface area contributed by atoms with Crippen molar-refractivity contribution < 1.29 is 9.52 Å². The first-order chi connectivity index (χ1) is 8.56. The molecule has 0 fully saturated rings. The molecule has 2 rings (SSSR count).